The molecule has 0 aliphatic carbocycles. The lowest BCUT2D eigenvalue weighted by molar-refractivity contribution is -0.122. The van der Waals surface area contributed by atoms with E-state index in [9.17, 15) is 9.59 Å². The lowest BCUT2D eigenvalue weighted by atomic mass is 10.1. The average Bonchev–Trinajstić information content (AvgIpc) is 3.09. The standard InChI is InChI=1S/C42H82N4O2/c1-3-5-7-9-11-13-15-17-19-21-23-25-27-29-31-33-41(47)45-39-37-43-35-36-44-38-40-46-42(48)34-32-30-28-26-24-22-20-18-16-14-12-10-8-6-4-2/h17-20,43-44H,3-16,21-40H2,1-2H3,(H,45,47)(H,46,48)/b19-17+,20-18+. The van der Waals surface area contributed by atoms with Crippen LogP contribution in [0.3, 0.4) is 0 Å². The van der Waals surface area contributed by atoms with E-state index in [0.717, 1.165) is 51.9 Å². The molecule has 0 radical (unpaired) electrons. The highest BCUT2D eigenvalue weighted by atomic mass is 16.2. The molecule has 0 aliphatic heterocycles. The van der Waals surface area contributed by atoms with Crippen LogP contribution in [0.1, 0.15) is 194 Å². The third-order valence-corrected chi connectivity index (χ3v) is 9.06. The number of allylic oxidation sites excluding steroid dienone is 4. The summed E-state index contributed by atoms with van der Waals surface area (Å²) in [7, 11) is 0. The van der Waals surface area contributed by atoms with Gasteiger partial charge in [0.1, 0.15) is 0 Å². The molecule has 0 aliphatic rings. The van der Waals surface area contributed by atoms with Crippen molar-refractivity contribution in [1.82, 2.24) is 21.3 Å². The summed E-state index contributed by atoms with van der Waals surface area (Å²) in [6, 6.07) is 0. The Morgan fingerprint density at radius 3 is 0.958 bits per heavy atom. The van der Waals surface area contributed by atoms with E-state index < -0.39 is 0 Å². The Kier molecular flexibility index (Phi) is 40.1. The highest BCUT2D eigenvalue weighted by molar-refractivity contribution is 5.76. The Morgan fingerprint density at radius 1 is 0.354 bits per heavy atom. The molecule has 6 nitrogen and oxygen atoms in total. The van der Waals surface area contributed by atoms with Crippen LogP contribution >= 0.6 is 0 Å². The van der Waals surface area contributed by atoms with Crippen LogP contribution in [0.2, 0.25) is 0 Å². The molecule has 0 saturated carbocycles. The van der Waals surface area contributed by atoms with Gasteiger partial charge in [0.25, 0.3) is 0 Å². The number of hydrogen-bond donors (Lipinski definition) is 4. The predicted molar refractivity (Wildman–Crippen MR) is 211 cm³/mol. The van der Waals surface area contributed by atoms with E-state index in [-0.39, 0.29) is 11.8 Å². The number of nitrogens with one attached hydrogen (secondary N) is 4. The zero-order chi connectivity index (χ0) is 34.9. The van der Waals surface area contributed by atoms with E-state index in [1.165, 1.54) is 141 Å². The quantitative estimate of drug-likeness (QED) is 0.0386. The van der Waals surface area contributed by atoms with E-state index in [1.807, 2.05) is 0 Å². The Hall–Kier alpha value is -1.66. The van der Waals surface area contributed by atoms with Gasteiger partial charge in [-0.1, -0.05) is 141 Å². The first kappa shape index (κ1) is 46.3. The fourth-order valence-electron chi connectivity index (χ4n) is 5.90. The van der Waals surface area contributed by atoms with Crippen molar-refractivity contribution >= 4 is 11.8 Å². The van der Waals surface area contributed by atoms with Gasteiger partial charge in [-0.3, -0.25) is 9.59 Å². The molecule has 0 spiro atoms. The molecular formula is C42H82N4O2. The molecule has 0 aromatic rings. The maximum absolute atomic E-state index is 12.0. The molecule has 0 rings (SSSR count). The van der Waals surface area contributed by atoms with Crippen LogP contribution in [0.25, 0.3) is 0 Å². The van der Waals surface area contributed by atoms with Crippen molar-refractivity contribution in [2.45, 2.75) is 194 Å². The van der Waals surface area contributed by atoms with E-state index in [4.69, 9.17) is 0 Å². The topological polar surface area (TPSA) is 82.3 Å². The minimum atomic E-state index is 0.171. The van der Waals surface area contributed by atoms with Crippen LogP contribution in [0, 0.1) is 0 Å². The second-order valence-corrected chi connectivity index (χ2v) is 13.9. The Labute approximate surface area is 299 Å². The summed E-state index contributed by atoms with van der Waals surface area (Å²) in [5, 5.41) is 12.8. The maximum Gasteiger partial charge on any atom is 0.220 e. The zero-order valence-electron chi connectivity index (χ0n) is 32.2. The molecule has 0 unspecified atom stereocenters. The number of amides is 2. The van der Waals surface area contributed by atoms with Gasteiger partial charge in [0.05, 0.1) is 0 Å². The highest BCUT2D eigenvalue weighted by Gasteiger charge is 2.02. The number of unbranched alkanes of at least 4 members (excludes halogenated alkanes) is 22. The SMILES string of the molecule is CCCCCCCC/C=C/CCCCCCCC(=O)NCCNCCNCCNC(=O)CCCCCCC/C=C/CCCCCCCC. The van der Waals surface area contributed by atoms with E-state index in [0.29, 0.717) is 25.9 Å². The second kappa shape index (κ2) is 41.5. The van der Waals surface area contributed by atoms with E-state index in [2.05, 4.69) is 59.4 Å². The third kappa shape index (κ3) is 40.5. The van der Waals surface area contributed by atoms with Gasteiger partial charge in [-0.05, 0) is 64.2 Å². The lowest BCUT2D eigenvalue weighted by Crippen LogP contribution is -2.37. The second-order valence-electron chi connectivity index (χ2n) is 13.9. The number of rotatable bonds is 39. The molecule has 282 valence electrons. The molecule has 2 amide bonds. The first-order valence-corrected chi connectivity index (χ1v) is 21.0. The van der Waals surface area contributed by atoms with Gasteiger partial charge < -0.3 is 21.3 Å². The van der Waals surface area contributed by atoms with Gasteiger partial charge >= 0.3 is 0 Å². The minimum Gasteiger partial charge on any atom is -0.355 e. The molecule has 0 bridgehead atoms. The van der Waals surface area contributed by atoms with Gasteiger partial charge in [-0.15, -0.1) is 0 Å². The van der Waals surface area contributed by atoms with Gasteiger partial charge in [-0.2, -0.15) is 0 Å². The molecule has 0 saturated heterocycles. The van der Waals surface area contributed by atoms with Crippen LogP contribution in [0.4, 0.5) is 0 Å². The van der Waals surface area contributed by atoms with Crippen molar-refractivity contribution in [1.29, 1.82) is 0 Å². The summed E-state index contributed by atoms with van der Waals surface area (Å²) >= 11 is 0. The van der Waals surface area contributed by atoms with Crippen molar-refractivity contribution in [3.8, 4) is 0 Å². The monoisotopic (exact) mass is 675 g/mol. The van der Waals surface area contributed by atoms with Crippen molar-refractivity contribution in [2.75, 3.05) is 39.3 Å². The summed E-state index contributed by atoms with van der Waals surface area (Å²) in [5.74, 6) is 0.343. The minimum absolute atomic E-state index is 0.171. The first-order valence-electron chi connectivity index (χ1n) is 21.0. The summed E-state index contributed by atoms with van der Waals surface area (Å²) < 4.78 is 0. The van der Waals surface area contributed by atoms with Crippen molar-refractivity contribution < 1.29 is 9.59 Å². The summed E-state index contributed by atoms with van der Waals surface area (Å²) in [6.45, 7) is 9.17. The molecule has 48 heavy (non-hydrogen) atoms. The van der Waals surface area contributed by atoms with Crippen LogP contribution in [-0.2, 0) is 9.59 Å². The predicted octanol–water partition coefficient (Wildman–Crippen LogP) is 10.5. The molecule has 0 aromatic heterocycles. The largest absolute Gasteiger partial charge is 0.355 e. The fourth-order valence-corrected chi connectivity index (χ4v) is 5.90. The smallest absolute Gasteiger partial charge is 0.220 e. The van der Waals surface area contributed by atoms with Gasteiger partial charge in [-0.25, -0.2) is 0 Å². The van der Waals surface area contributed by atoms with Crippen molar-refractivity contribution in [2.24, 2.45) is 0 Å². The van der Waals surface area contributed by atoms with Crippen LogP contribution in [0.5, 0.6) is 0 Å². The van der Waals surface area contributed by atoms with E-state index >= 15 is 0 Å². The molecule has 4 N–H and O–H groups in total. The van der Waals surface area contributed by atoms with Crippen molar-refractivity contribution in [3.63, 3.8) is 0 Å². The molecule has 0 heterocycles. The third-order valence-electron chi connectivity index (χ3n) is 9.06. The number of carbonyl (C=O) groups excluding carboxylic acids is 2. The normalized spacial score (nSPS) is 11.6. The number of hydrogen-bond acceptors (Lipinski definition) is 4. The van der Waals surface area contributed by atoms with Gasteiger partial charge in [0.2, 0.25) is 11.8 Å². The zero-order valence-corrected chi connectivity index (χ0v) is 32.2. The Morgan fingerprint density at radius 2 is 0.625 bits per heavy atom. The molecule has 6 heteroatoms. The first-order chi connectivity index (χ1) is 23.7. The summed E-state index contributed by atoms with van der Waals surface area (Å²) in [6.07, 6.45) is 44.0. The molecule has 0 fully saturated rings. The summed E-state index contributed by atoms with van der Waals surface area (Å²) in [5.41, 5.74) is 0. The average molecular weight is 675 g/mol. The highest BCUT2D eigenvalue weighted by Crippen LogP contribution is 2.11. The van der Waals surface area contributed by atoms with Crippen LogP contribution < -0.4 is 21.3 Å². The molecule has 0 aromatic carbocycles. The molecular weight excluding hydrogens is 592 g/mol. The van der Waals surface area contributed by atoms with Crippen LogP contribution in [0.15, 0.2) is 24.3 Å². The maximum atomic E-state index is 12.0. The fraction of sp³-hybridized carbons (Fsp3) is 0.857. The molecule has 0 atom stereocenters. The van der Waals surface area contributed by atoms with Crippen LogP contribution in [-0.4, -0.2) is 51.1 Å². The van der Waals surface area contributed by atoms with Gasteiger partial charge in [0, 0.05) is 52.1 Å². The lowest BCUT2D eigenvalue weighted by Gasteiger charge is -2.09. The Balaban J connectivity index is 3.29. The number of carbonyl (C=O) groups is 2. The van der Waals surface area contributed by atoms with E-state index in [1.54, 1.807) is 0 Å². The van der Waals surface area contributed by atoms with Gasteiger partial charge in [0.15, 0.2) is 0 Å². The summed E-state index contributed by atoms with van der Waals surface area (Å²) in [4.78, 5) is 24.1. The Bertz CT molecular complexity index is 664. The van der Waals surface area contributed by atoms with Crippen molar-refractivity contribution in [3.05, 3.63) is 24.3 Å².